The second-order valence-corrected chi connectivity index (χ2v) is 9.59. The van der Waals surface area contributed by atoms with E-state index in [-0.39, 0.29) is 12.2 Å². The molecule has 0 aromatic heterocycles. The predicted molar refractivity (Wildman–Crippen MR) is 115 cm³/mol. The summed E-state index contributed by atoms with van der Waals surface area (Å²) < 4.78 is 58.5. The molecule has 31 heavy (non-hydrogen) atoms. The molecule has 1 aliphatic rings. The number of nitrogens with one attached hydrogen (secondary N) is 2. The fourth-order valence-corrected chi connectivity index (χ4v) is 3.73. The zero-order valence-electron chi connectivity index (χ0n) is 17.6. The first-order chi connectivity index (χ1) is 14.4. The highest BCUT2D eigenvalue weighted by atomic mass is 32.2. The van der Waals surface area contributed by atoms with Gasteiger partial charge in [0.25, 0.3) is 5.91 Å². The minimum absolute atomic E-state index is 0.0764. The van der Waals surface area contributed by atoms with Crippen LogP contribution in [0, 0.1) is 11.6 Å². The maximum atomic E-state index is 14.2. The Morgan fingerprint density at radius 2 is 1.71 bits per heavy atom. The van der Waals surface area contributed by atoms with Crippen LogP contribution in [0.2, 0.25) is 0 Å². The quantitative estimate of drug-likeness (QED) is 0.694. The lowest BCUT2D eigenvalue weighted by Crippen LogP contribution is -2.31. The van der Waals surface area contributed by atoms with E-state index in [9.17, 15) is 22.0 Å². The molecule has 1 unspecified atom stereocenters. The molecule has 0 saturated heterocycles. The first-order valence-corrected chi connectivity index (χ1v) is 11.6. The Morgan fingerprint density at radius 1 is 1.06 bits per heavy atom. The SMILES string of the molecule is CC(C)c1ccc2c(c1)OCC(C(=O)NC(C)c1cc(F)c(NS(C)(=O)=O)c(F)c1)=C2. The Labute approximate surface area is 180 Å². The third-order valence-corrected chi connectivity index (χ3v) is 5.48. The topological polar surface area (TPSA) is 84.5 Å². The Morgan fingerprint density at radius 3 is 2.29 bits per heavy atom. The summed E-state index contributed by atoms with van der Waals surface area (Å²) in [6.07, 6.45) is 2.52. The third-order valence-electron chi connectivity index (χ3n) is 4.91. The minimum Gasteiger partial charge on any atom is -0.488 e. The zero-order valence-corrected chi connectivity index (χ0v) is 18.4. The second kappa shape index (κ2) is 8.66. The third kappa shape index (κ3) is 5.41. The Bertz CT molecular complexity index is 1140. The van der Waals surface area contributed by atoms with Crippen LogP contribution in [-0.2, 0) is 14.8 Å². The van der Waals surface area contributed by atoms with Crippen molar-refractivity contribution in [3.63, 3.8) is 0 Å². The monoisotopic (exact) mass is 450 g/mol. The lowest BCUT2D eigenvalue weighted by atomic mass is 9.98. The van der Waals surface area contributed by atoms with Crippen LogP contribution in [0.3, 0.4) is 0 Å². The fraction of sp³-hybridized carbons (Fsp3) is 0.318. The van der Waals surface area contributed by atoms with Crippen molar-refractivity contribution < 1.29 is 26.7 Å². The summed E-state index contributed by atoms with van der Waals surface area (Å²) >= 11 is 0. The molecule has 0 aliphatic carbocycles. The largest absolute Gasteiger partial charge is 0.488 e. The summed E-state index contributed by atoms with van der Waals surface area (Å²) in [5.74, 6) is -1.52. The van der Waals surface area contributed by atoms with Gasteiger partial charge in [-0.3, -0.25) is 9.52 Å². The number of anilines is 1. The van der Waals surface area contributed by atoms with Gasteiger partial charge in [-0.1, -0.05) is 26.0 Å². The maximum Gasteiger partial charge on any atom is 0.251 e. The van der Waals surface area contributed by atoms with Crippen molar-refractivity contribution in [2.24, 2.45) is 0 Å². The molecule has 2 aromatic carbocycles. The van der Waals surface area contributed by atoms with Gasteiger partial charge in [0.15, 0.2) is 11.6 Å². The number of carbonyl (C=O) groups is 1. The number of carbonyl (C=O) groups excluding carboxylic acids is 1. The highest BCUT2D eigenvalue weighted by Gasteiger charge is 2.22. The van der Waals surface area contributed by atoms with Gasteiger partial charge in [-0.25, -0.2) is 17.2 Å². The Hall–Kier alpha value is -2.94. The molecular formula is C22H24F2N2O4S. The molecule has 1 heterocycles. The number of benzene rings is 2. The van der Waals surface area contributed by atoms with Gasteiger partial charge in [0.05, 0.1) is 17.9 Å². The molecule has 6 nitrogen and oxygen atoms in total. The molecule has 1 atom stereocenters. The van der Waals surface area contributed by atoms with Crippen LogP contribution in [-0.4, -0.2) is 27.2 Å². The number of amides is 1. The molecule has 3 rings (SSSR count). The number of rotatable bonds is 6. The van der Waals surface area contributed by atoms with E-state index in [4.69, 9.17) is 4.74 Å². The molecule has 0 fully saturated rings. The summed E-state index contributed by atoms with van der Waals surface area (Å²) in [6.45, 7) is 5.81. The van der Waals surface area contributed by atoms with Crippen molar-refractivity contribution in [1.29, 1.82) is 0 Å². The van der Waals surface area contributed by atoms with Gasteiger partial charge in [0, 0.05) is 5.56 Å². The summed E-state index contributed by atoms with van der Waals surface area (Å²) in [7, 11) is -3.84. The first kappa shape index (κ1) is 22.7. The number of hydrogen-bond acceptors (Lipinski definition) is 4. The van der Waals surface area contributed by atoms with Crippen molar-refractivity contribution in [1.82, 2.24) is 5.32 Å². The van der Waals surface area contributed by atoms with Crippen molar-refractivity contribution in [2.75, 3.05) is 17.6 Å². The van der Waals surface area contributed by atoms with Crippen LogP contribution >= 0.6 is 0 Å². The molecule has 0 bridgehead atoms. The summed E-state index contributed by atoms with van der Waals surface area (Å²) in [5.41, 5.74) is 1.69. The number of hydrogen-bond donors (Lipinski definition) is 2. The van der Waals surface area contributed by atoms with Gasteiger partial charge in [-0.2, -0.15) is 0 Å². The smallest absolute Gasteiger partial charge is 0.251 e. The van der Waals surface area contributed by atoms with E-state index < -0.39 is 39.3 Å². The Balaban J connectivity index is 1.76. The average Bonchev–Trinajstić information content (AvgIpc) is 2.68. The number of halogens is 2. The first-order valence-electron chi connectivity index (χ1n) is 9.69. The van der Waals surface area contributed by atoms with Crippen molar-refractivity contribution in [3.8, 4) is 5.75 Å². The number of fused-ring (bicyclic) bond motifs is 1. The van der Waals surface area contributed by atoms with Gasteiger partial charge in [-0.15, -0.1) is 0 Å². The van der Waals surface area contributed by atoms with Gasteiger partial charge < -0.3 is 10.1 Å². The molecule has 2 N–H and O–H groups in total. The average molecular weight is 451 g/mol. The number of ether oxygens (including phenoxy) is 1. The Kier molecular flexibility index (Phi) is 6.35. The molecule has 0 spiro atoms. The molecule has 1 amide bonds. The van der Waals surface area contributed by atoms with Gasteiger partial charge in [0.1, 0.15) is 18.0 Å². The molecule has 0 radical (unpaired) electrons. The lowest BCUT2D eigenvalue weighted by molar-refractivity contribution is -0.118. The summed E-state index contributed by atoms with van der Waals surface area (Å²) in [6, 6.07) is 7.05. The van der Waals surface area contributed by atoms with E-state index in [0.29, 0.717) is 17.2 Å². The number of sulfonamides is 1. The van der Waals surface area contributed by atoms with Crippen molar-refractivity contribution >= 4 is 27.7 Å². The minimum atomic E-state index is -3.84. The van der Waals surface area contributed by atoms with Gasteiger partial charge in [-0.05, 0) is 48.2 Å². The van der Waals surface area contributed by atoms with Crippen LogP contribution in [0.4, 0.5) is 14.5 Å². The van der Waals surface area contributed by atoms with E-state index in [1.807, 2.05) is 18.2 Å². The standard InChI is InChI=1S/C22H24F2N2O4S/c1-12(2)14-5-6-15-7-17(11-30-20(15)10-14)22(27)25-13(3)16-8-18(23)21(19(24)9-16)26-31(4,28)29/h5-10,12-13,26H,11H2,1-4H3,(H,25,27). The molecule has 2 aromatic rings. The van der Waals surface area contributed by atoms with Crippen LogP contribution in [0.1, 0.15) is 49.4 Å². The van der Waals surface area contributed by atoms with E-state index in [0.717, 1.165) is 29.5 Å². The molecular weight excluding hydrogens is 426 g/mol. The highest BCUT2D eigenvalue weighted by molar-refractivity contribution is 7.92. The second-order valence-electron chi connectivity index (χ2n) is 7.84. The van der Waals surface area contributed by atoms with Gasteiger partial charge in [0.2, 0.25) is 10.0 Å². The van der Waals surface area contributed by atoms with E-state index in [2.05, 4.69) is 19.2 Å². The van der Waals surface area contributed by atoms with Crippen LogP contribution in [0.25, 0.3) is 6.08 Å². The summed E-state index contributed by atoms with van der Waals surface area (Å²) in [4.78, 5) is 12.7. The fourth-order valence-electron chi connectivity index (χ4n) is 3.17. The molecule has 1 aliphatic heterocycles. The molecule has 9 heteroatoms. The van der Waals surface area contributed by atoms with Crippen molar-refractivity contribution in [3.05, 3.63) is 64.2 Å². The maximum absolute atomic E-state index is 14.2. The van der Waals surface area contributed by atoms with Crippen LogP contribution < -0.4 is 14.8 Å². The highest BCUT2D eigenvalue weighted by Crippen LogP contribution is 2.30. The zero-order chi connectivity index (χ0) is 22.9. The predicted octanol–water partition coefficient (Wildman–Crippen LogP) is 4.11. The van der Waals surface area contributed by atoms with Crippen LogP contribution in [0.15, 0.2) is 35.9 Å². The van der Waals surface area contributed by atoms with E-state index in [1.165, 1.54) is 0 Å². The molecule has 0 saturated carbocycles. The van der Waals surface area contributed by atoms with E-state index >= 15 is 0 Å². The normalized spacial score (nSPS) is 14.4. The molecule has 166 valence electrons. The van der Waals surface area contributed by atoms with Crippen LogP contribution in [0.5, 0.6) is 5.75 Å². The van der Waals surface area contributed by atoms with Crippen molar-refractivity contribution in [2.45, 2.75) is 32.7 Å². The summed E-state index contributed by atoms with van der Waals surface area (Å²) in [5, 5.41) is 2.69. The van der Waals surface area contributed by atoms with E-state index in [1.54, 1.807) is 17.7 Å². The lowest BCUT2D eigenvalue weighted by Gasteiger charge is -2.21. The van der Waals surface area contributed by atoms with Gasteiger partial charge >= 0.3 is 0 Å².